The first-order chi connectivity index (χ1) is 5.77. The number of Topliss-reactive ketones (excluding diaryl/α,β-unsaturated/α-hetero) is 1. The first-order valence-corrected chi connectivity index (χ1v) is 4.21. The van der Waals surface area contributed by atoms with Crippen molar-refractivity contribution in [1.82, 2.24) is 0 Å². The summed E-state index contributed by atoms with van der Waals surface area (Å²) in [6.45, 7) is 5.18. The van der Waals surface area contributed by atoms with Gasteiger partial charge in [0, 0.05) is 6.42 Å². The van der Waals surface area contributed by atoms with Crippen LogP contribution in [0.2, 0.25) is 0 Å². The minimum absolute atomic E-state index is 0.269. The minimum Gasteiger partial charge on any atom is -0.300 e. The van der Waals surface area contributed by atoms with E-state index in [4.69, 9.17) is 0 Å². The molecule has 0 atom stereocenters. The first-order valence-electron chi connectivity index (χ1n) is 4.21. The van der Waals surface area contributed by atoms with Gasteiger partial charge in [-0.1, -0.05) is 37.0 Å². The topological polar surface area (TPSA) is 17.1 Å². The number of hydrogen-bond donors (Lipinski definition) is 0. The zero-order valence-electron chi connectivity index (χ0n) is 7.62. The van der Waals surface area contributed by atoms with Gasteiger partial charge < -0.3 is 4.79 Å². The third-order valence-corrected chi connectivity index (χ3v) is 1.39. The van der Waals surface area contributed by atoms with E-state index in [1.54, 1.807) is 13.0 Å². The molecule has 0 saturated heterocycles. The second-order valence-corrected chi connectivity index (χ2v) is 2.64. The molecule has 0 unspecified atom stereocenters. The van der Waals surface area contributed by atoms with Crippen LogP contribution in [0.25, 0.3) is 0 Å². The molecule has 0 radical (unpaired) electrons. The molecule has 0 fully saturated rings. The summed E-state index contributed by atoms with van der Waals surface area (Å²) in [5.74, 6) is 0.269. The van der Waals surface area contributed by atoms with Crippen molar-refractivity contribution in [2.24, 2.45) is 0 Å². The molecule has 0 heterocycles. The van der Waals surface area contributed by atoms with E-state index in [-0.39, 0.29) is 5.78 Å². The molecule has 0 spiro atoms. The molecular weight excluding hydrogens is 148 g/mol. The maximum Gasteiger partial charge on any atom is 0.129 e. The van der Waals surface area contributed by atoms with E-state index in [9.17, 15) is 4.79 Å². The molecule has 0 N–H and O–H groups in total. The number of allylic oxidation sites excluding steroid dienone is 5. The maximum atomic E-state index is 10.5. The summed E-state index contributed by atoms with van der Waals surface area (Å²) in [6.07, 6.45) is 12.2. The Morgan fingerprint density at radius 1 is 1.33 bits per heavy atom. The Morgan fingerprint density at radius 2 is 2.08 bits per heavy atom. The van der Waals surface area contributed by atoms with Gasteiger partial charge in [-0.3, -0.25) is 0 Å². The monoisotopic (exact) mass is 164 g/mol. The maximum absolute atomic E-state index is 10.5. The standard InChI is InChI=1S/C11H16O/c1-3-4-5-6-7-8-9-10-11(2)12/h3-7H,1,8-10H2,2H3/b5-4+,7-6-. The highest BCUT2D eigenvalue weighted by atomic mass is 16.1. The number of rotatable bonds is 6. The van der Waals surface area contributed by atoms with Crippen molar-refractivity contribution in [3.8, 4) is 0 Å². The quantitative estimate of drug-likeness (QED) is 0.435. The summed E-state index contributed by atoms with van der Waals surface area (Å²) in [6, 6.07) is 0. The molecular formula is C11H16O. The molecule has 0 saturated carbocycles. The highest BCUT2D eigenvalue weighted by Gasteiger charge is 1.89. The van der Waals surface area contributed by atoms with Crippen LogP contribution in [0.15, 0.2) is 37.0 Å². The molecule has 0 aliphatic rings. The molecule has 0 aliphatic carbocycles. The van der Waals surface area contributed by atoms with E-state index < -0.39 is 0 Å². The highest BCUT2D eigenvalue weighted by molar-refractivity contribution is 5.75. The zero-order chi connectivity index (χ0) is 9.23. The van der Waals surface area contributed by atoms with Gasteiger partial charge in [0.15, 0.2) is 0 Å². The highest BCUT2D eigenvalue weighted by Crippen LogP contribution is 1.97. The van der Waals surface area contributed by atoms with Gasteiger partial charge >= 0.3 is 0 Å². The second-order valence-electron chi connectivity index (χ2n) is 2.64. The van der Waals surface area contributed by atoms with Crippen molar-refractivity contribution in [3.63, 3.8) is 0 Å². The van der Waals surface area contributed by atoms with E-state index in [1.807, 2.05) is 18.2 Å². The minimum atomic E-state index is 0.269. The van der Waals surface area contributed by atoms with Gasteiger partial charge in [0.05, 0.1) is 0 Å². The lowest BCUT2D eigenvalue weighted by molar-refractivity contribution is -0.117. The van der Waals surface area contributed by atoms with Crippen molar-refractivity contribution in [2.45, 2.75) is 26.2 Å². The molecule has 0 bridgehead atoms. The summed E-state index contributed by atoms with van der Waals surface area (Å²) in [7, 11) is 0. The fourth-order valence-corrected chi connectivity index (χ4v) is 0.786. The molecule has 0 aliphatic heterocycles. The van der Waals surface area contributed by atoms with Gasteiger partial charge in [0.2, 0.25) is 0 Å². The van der Waals surface area contributed by atoms with Crippen molar-refractivity contribution < 1.29 is 4.79 Å². The van der Waals surface area contributed by atoms with Gasteiger partial charge in [-0.15, -0.1) is 0 Å². The molecule has 0 aromatic rings. The third kappa shape index (κ3) is 8.89. The first kappa shape index (κ1) is 10.9. The summed E-state index contributed by atoms with van der Waals surface area (Å²) in [5.41, 5.74) is 0. The van der Waals surface area contributed by atoms with E-state index in [0.29, 0.717) is 6.42 Å². The number of ketones is 1. The molecule has 66 valence electrons. The predicted octanol–water partition coefficient (Wildman–Crippen LogP) is 3.04. The average molecular weight is 164 g/mol. The Labute approximate surface area is 74.5 Å². The third-order valence-electron chi connectivity index (χ3n) is 1.39. The smallest absolute Gasteiger partial charge is 0.129 e. The molecule has 0 amide bonds. The van der Waals surface area contributed by atoms with Crippen LogP contribution in [0, 0.1) is 0 Å². The van der Waals surface area contributed by atoms with E-state index in [2.05, 4.69) is 12.7 Å². The number of hydrogen-bond acceptors (Lipinski definition) is 1. The van der Waals surface area contributed by atoms with Gasteiger partial charge in [-0.2, -0.15) is 0 Å². The lowest BCUT2D eigenvalue weighted by Gasteiger charge is -1.89. The van der Waals surface area contributed by atoms with Crippen LogP contribution in [-0.4, -0.2) is 5.78 Å². The summed E-state index contributed by atoms with van der Waals surface area (Å²) in [4.78, 5) is 10.5. The predicted molar refractivity (Wildman–Crippen MR) is 53.0 cm³/mol. The van der Waals surface area contributed by atoms with Crippen LogP contribution in [0.4, 0.5) is 0 Å². The van der Waals surface area contributed by atoms with E-state index in [0.717, 1.165) is 12.8 Å². The van der Waals surface area contributed by atoms with Crippen LogP contribution >= 0.6 is 0 Å². The van der Waals surface area contributed by atoms with E-state index in [1.165, 1.54) is 0 Å². The Kier molecular flexibility index (Phi) is 7.25. The molecule has 0 rings (SSSR count). The zero-order valence-corrected chi connectivity index (χ0v) is 7.62. The van der Waals surface area contributed by atoms with Gasteiger partial charge in [0.25, 0.3) is 0 Å². The summed E-state index contributed by atoms with van der Waals surface area (Å²) < 4.78 is 0. The average Bonchev–Trinajstić information content (AvgIpc) is 2.02. The SMILES string of the molecule is C=C/C=C/C=C\CCCC(C)=O. The molecule has 12 heavy (non-hydrogen) atoms. The Morgan fingerprint density at radius 3 is 2.67 bits per heavy atom. The van der Waals surface area contributed by atoms with Crippen molar-refractivity contribution >= 4 is 5.78 Å². The van der Waals surface area contributed by atoms with Crippen molar-refractivity contribution in [3.05, 3.63) is 37.0 Å². The molecule has 0 aromatic carbocycles. The normalized spacial score (nSPS) is 11.1. The van der Waals surface area contributed by atoms with Gasteiger partial charge in [-0.05, 0) is 19.8 Å². The van der Waals surface area contributed by atoms with Crippen LogP contribution in [0.1, 0.15) is 26.2 Å². The summed E-state index contributed by atoms with van der Waals surface area (Å²) >= 11 is 0. The summed E-state index contributed by atoms with van der Waals surface area (Å²) in [5, 5.41) is 0. The lowest BCUT2D eigenvalue weighted by atomic mass is 10.2. The Hall–Kier alpha value is -1.11. The Bertz CT molecular complexity index is 187. The van der Waals surface area contributed by atoms with Gasteiger partial charge in [0.1, 0.15) is 5.78 Å². The lowest BCUT2D eigenvalue weighted by Crippen LogP contribution is -1.87. The fraction of sp³-hybridized carbons (Fsp3) is 0.364. The largest absolute Gasteiger partial charge is 0.300 e. The number of unbranched alkanes of at least 4 members (excludes halogenated alkanes) is 1. The van der Waals surface area contributed by atoms with Crippen LogP contribution in [0.5, 0.6) is 0 Å². The molecule has 1 heteroatoms. The van der Waals surface area contributed by atoms with Gasteiger partial charge in [-0.25, -0.2) is 0 Å². The number of carbonyl (C=O) groups excluding carboxylic acids is 1. The van der Waals surface area contributed by atoms with Crippen LogP contribution < -0.4 is 0 Å². The fourth-order valence-electron chi connectivity index (χ4n) is 0.786. The number of carbonyl (C=O) groups is 1. The van der Waals surface area contributed by atoms with E-state index >= 15 is 0 Å². The molecule has 0 aromatic heterocycles. The van der Waals surface area contributed by atoms with Crippen LogP contribution in [-0.2, 0) is 4.79 Å². The van der Waals surface area contributed by atoms with Crippen molar-refractivity contribution in [1.29, 1.82) is 0 Å². The molecule has 1 nitrogen and oxygen atoms in total. The van der Waals surface area contributed by atoms with Crippen LogP contribution in [0.3, 0.4) is 0 Å². The van der Waals surface area contributed by atoms with Crippen molar-refractivity contribution in [2.75, 3.05) is 0 Å². The second kappa shape index (κ2) is 7.99. The Balaban J connectivity index is 3.30.